The van der Waals surface area contributed by atoms with Gasteiger partial charge in [0.25, 0.3) is 0 Å². The van der Waals surface area contributed by atoms with Gasteiger partial charge in [0.1, 0.15) is 10.0 Å². The lowest BCUT2D eigenvalue weighted by Crippen LogP contribution is -2.17. The van der Waals surface area contributed by atoms with Crippen LogP contribution < -0.4 is 4.90 Å². The monoisotopic (exact) mass is 266 g/mol. The molecule has 17 heavy (non-hydrogen) atoms. The van der Waals surface area contributed by atoms with E-state index in [4.69, 9.17) is 0 Å². The van der Waals surface area contributed by atoms with Crippen molar-refractivity contribution in [3.05, 3.63) is 28.2 Å². The second kappa shape index (κ2) is 5.46. The van der Waals surface area contributed by atoms with E-state index in [0.29, 0.717) is 0 Å². The van der Waals surface area contributed by atoms with Gasteiger partial charge in [0.05, 0.1) is 6.54 Å². The van der Waals surface area contributed by atoms with Gasteiger partial charge in [-0.3, -0.25) is 0 Å². The number of thiazole rings is 1. The number of hydrogen-bond acceptors (Lipinski definition) is 6. The van der Waals surface area contributed by atoms with E-state index in [9.17, 15) is 0 Å². The lowest BCUT2D eigenvalue weighted by molar-refractivity contribution is 0.833. The first-order chi connectivity index (χ1) is 8.19. The average molecular weight is 266 g/mol. The van der Waals surface area contributed by atoms with Crippen molar-refractivity contribution in [2.75, 3.05) is 18.2 Å². The van der Waals surface area contributed by atoms with Gasteiger partial charge in [-0.15, -0.1) is 33.3 Å². The molecule has 0 amide bonds. The van der Waals surface area contributed by atoms with Gasteiger partial charge in [0.2, 0.25) is 0 Å². The summed E-state index contributed by atoms with van der Waals surface area (Å²) in [5, 5.41) is 12.4. The third-order valence-corrected chi connectivity index (χ3v) is 3.85. The van der Waals surface area contributed by atoms with Crippen molar-refractivity contribution in [2.45, 2.75) is 18.5 Å². The number of anilines is 1. The van der Waals surface area contributed by atoms with E-state index in [-0.39, 0.29) is 0 Å². The Balaban J connectivity index is 2.06. The highest BCUT2D eigenvalue weighted by molar-refractivity contribution is 7.98. The zero-order valence-corrected chi connectivity index (χ0v) is 11.7. The minimum atomic E-state index is 0.770. The number of aromatic nitrogens is 3. The van der Waals surface area contributed by atoms with Gasteiger partial charge in [0.15, 0.2) is 5.82 Å². The van der Waals surface area contributed by atoms with Crippen molar-refractivity contribution in [3.63, 3.8) is 0 Å². The quantitative estimate of drug-likeness (QED) is 0.796. The van der Waals surface area contributed by atoms with Crippen LogP contribution in [0.25, 0.3) is 0 Å². The molecule has 0 saturated carbocycles. The van der Waals surface area contributed by atoms with Gasteiger partial charge < -0.3 is 4.90 Å². The SMILES string of the molecule is CSc1ccc(N(C)Cc2nc(C)cs2)nn1. The third kappa shape index (κ3) is 3.17. The molecule has 0 fully saturated rings. The summed E-state index contributed by atoms with van der Waals surface area (Å²) in [5.74, 6) is 0.871. The van der Waals surface area contributed by atoms with Crippen molar-refractivity contribution in [1.82, 2.24) is 15.2 Å². The molecule has 0 aromatic carbocycles. The minimum Gasteiger partial charge on any atom is -0.351 e. The van der Waals surface area contributed by atoms with Gasteiger partial charge in [-0.2, -0.15) is 0 Å². The maximum Gasteiger partial charge on any atom is 0.151 e. The highest BCUT2D eigenvalue weighted by Gasteiger charge is 2.06. The van der Waals surface area contributed by atoms with Crippen LogP contribution in [0.3, 0.4) is 0 Å². The van der Waals surface area contributed by atoms with Crippen LogP contribution >= 0.6 is 23.1 Å². The fourth-order valence-electron chi connectivity index (χ4n) is 1.38. The highest BCUT2D eigenvalue weighted by atomic mass is 32.2. The maximum atomic E-state index is 4.43. The second-order valence-corrected chi connectivity index (χ2v) is 5.44. The summed E-state index contributed by atoms with van der Waals surface area (Å²) < 4.78 is 0. The summed E-state index contributed by atoms with van der Waals surface area (Å²) in [5.41, 5.74) is 1.07. The first-order valence-corrected chi connectivity index (χ1v) is 7.29. The van der Waals surface area contributed by atoms with E-state index in [2.05, 4.69) is 25.5 Å². The lowest BCUT2D eigenvalue weighted by Gasteiger charge is -2.15. The van der Waals surface area contributed by atoms with Crippen LogP contribution in [0.15, 0.2) is 22.5 Å². The summed E-state index contributed by atoms with van der Waals surface area (Å²) in [4.78, 5) is 6.49. The highest BCUT2D eigenvalue weighted by Crippen LogP contribution is 2.17. The molecule has 2 aromatic heterocycles. The van der Waals surface area contributed by atoms with Crippen LogP contribution in [0.1, 0.15) is 10.7 Å². The van der Waals surface area contributed by atoms with Crippen LogP contribution in [-0.2, 0) is 6.54 Å². The van der Waals surface area contributed by atoms with Crippen LogP contribution in [0.5, 0.6) is 0 Å². The van der Waals surface area contributed by atoms with E-state index in [1.165, 1.54) is 0 Å². The smallest absolute Gasteiger partial charge is 0.151 e. The van der Waals surface area contributed by atoms with Crippen LogP contribution in [0.2, 0.25) is 0 Å². The van der Waals surface area contributed by atoms with Crippen LogP contribution in [0.4, 0.5) is 5.82 Å². The van der Waals surface area contributed by atoms with Crippen LogP contribution in [-0.4, -0.2) is 28.5 Å². The molecule has 0 aliphatic rings. The van der Waals surface area contributed by atoms with E-state index in [1.807, 2.05) is 32.4 Å². The fraction of sp³-hybridized carbons (Fsp3) is 0.364. The van der Waals surface area contributed by atoms with E-state index >= 15 is 0 Å². The van der Waals surface area contributed by atoms with E-state index < -0.39 is 0 Å². The maximum absolute atomic E-state index is 4.43. The van der Waals surface area contributed by atoms with E-state index in [1.54, 1.807) is 23.1 Å². The Morgan fingerprint density at radius 3 is 2.71 bits per heavy atom. The van der Waals surface area contributed by atoms with Gasteiger partial charge in [-0.05, 0) is 25.3 Å². The van der Waals surface area contributed by atoms with Crippen LogP contribution in [0, 0.1) is 6.92 Å². The van der Waals surface area contributed by atoms with Gasteiger partial charge in [0, 0.05) is 18.1 Å². The fourth-order valence-corrected chi connectivity index (χ4v) is 2.54. The molecule has 0 N–H and O–H groups in total. The molecule has 2 aromatic rings. The van der Waals surface area contributed by atoms with Crippen molar-refractivity contribution >= 4 is 28.9 Å². The molecule has 0 aliphatic heterocycles. The summed E-state index contributed by atoms with van der Waals surface area (Å²) >= 11 is 3.27. The number of hydrogen-bond donors (Lipinski definition) is 0. The third-order valence-electron chi connectivity index (χ3n) is 2.27. The Morgan fingerprint density at radius 1 is 1.35 bits per heavy atom. The molecule has 4 nitrogen and oxygen atoms in total. The van der Waals surface area contributed by atoms with Gasteiger partial charge in [-0.25, -0.2) is 4.98 Å². The molecule has 0 radical (unpaired) electrons. The standard InChI is InChI=1S/C11H14N4S2/c1-8-7-17-11(12-8)6-15(2)9-4-5-10(16-3)14-13-9/h4-5,7H,6H2,1-3H3. The molecule has 2 heterocycles. The van der Waals surface area contributed by atoms with Crippen molar-refractivity contribution < 1.29 is 0 Å². The number of nitrogens with zero attached hydrogens (tertiary/aromatic N) is 4. The summed E-state index contributed by atoms with van der Waals surface area (Å²) in [6.07, 6.45) is 1.99. The molecule has 0 saturated heterocycles. The molecular weight excluding hydrogens is 252 g/mol. The Bertz CT molecular complexity index is 480. The normalized spacial score (nSPS) is 10.5. The van der Waals surface area contributed by atoms with E-state index in [0.717, 1.165) is 28.1 Å². The molecule has 2 rings (SSSR count). The molecule has 6 heteroatoms. The molecule has 0 unspecified atom stereocenters. The Hall–Kier alpha value is -1.14. The van der Waals surface area contributed by atoms with Gasteiger partial charge in [-0.1, -0.05) is 0 Å². The average Bonchev–Trinajstić information content (AvgIpc) is 2.75. The zero-order chi connectivity index (χ0) is 12.3. The Kier molecular flexibility index (Phi) is 3.96. The molecule has 0 aliphatic carbocycles. The Labute approximate surface area is 109 Å². The summed E-state index contributed by atoms with van der Waals surface area (Å²) in [7, 11) is 2.00. The molecular formula is C11H14N4S2. The van der Waals surface area contributed by atoms with Crippen molar-refractivity contribution in [1.29, 1.82) is 0 Å². The predicted molar refractivity (Wildman–Crippen MR) is 72.8 cm³/mol. The second-order valence-electron chi connectivity index (χ2n) is 3.67. The molecule has 0 spiro atoms. The first kappa shape index (κ1) is 12.3. The number of aryl methyl sites for hydroxylation is 1. The predicted octanol–water partition coefficient (Wildman–Crippen LogP) is 2.60. The Morgan fingerprint density at radius 2 is 2.18 bits per heavy atom. The first-order valence-electron chi connectivity index (χ1n) is 5.19. The summed E-state index contributed by atoms with van der Waals surface area (Å²) in [6, 6.07) is 3.97. The zero-order valence-electron chi connectivity index (χ0n) is 10.0. The van der Waals surface area contributed by atoms with Crippen molar-refractivity contribution in [3.8, 4) is 0 Å². The molecule has 90 valence electrons. The van der Waals surface area contributed by atoms with Crippen molar-refractivity contribution in [2.24, 2.45) is 0 Å². The number of thioether (sulfide) groups is 1. The minimum absolute atomic E-state index is 0.770. The lowest BCUT2D eigenvalue weighted by atomic mass is 10.4. The van der Waals surface area contributed by atoms with Gasteiger partial charge >= 0.3 is 0 Å². The number of rotatable bonds is 4. The topological polar surface area (TPSA) is 41.9 Å². The molecule has 0 bridgehead atoms. The molecule has 0 atom stereocenters. The summed E-state index contributed by atoms with van der Waals surface area (Å²) in [6.45, 7) is 2.78. The largest absolute Gasteiger partial charge is 0.351 e.